The summed E-state index contributed by atoms with van der Waals surface area (Å²) in [5, 5.41) is 11.7. The van der Waals surface area contributed by atoms with E-state index in [1.54, 1.807) is 0 Å². The summed E-state index contributed by atoms with van der Waals surface area (Å²) >= 11 is 0. The van der Waals surface area contributed by atoms with Crippen LogP contribution in [0.1, 0.15) is 36.8 Å². The fourth-order valence-corrected chi connectivity index (χ4v) is 3.47. The molecule has 0 saturated carbocycles. The molecule has 2 aromatic rings. The number of carbonyl (C=O) groups is 2. The largest absolute Gasteiger partial charge is 0.480 e. The number of rotatable bonds is 7. The minimum absolute atomic E-state index is 0.0468. The van der Waals surface area contributed by atoms with E-state index in [4.69, 9.17) is 4.74 Å². The number of fused-ring (bicyclic) bond motifs is 3. The van der Waals surface area contributed by atoms with Crippen LogP contribution in [0, 0.1) is 0 Å². The lowest BCUT2D eigenvalue weighted by atomic mass is 9.98. The van der Waals surface area contributed by atoms with Crippen molar-refractivity contribution in [3.05, 3.63) is 71.8 Å². The lowest BCUT2D eigenvalue weighted by molar-refractivity contribution is -0.139. The van der Waals surface area contributed by atoms with E-state index in [1.165, 1.54) is 0 Å². The van der Waals surface area contributed by atoms with E-state index >= 15 is 0 Å². The first-order valence-electron chi connectivity index (χ1n) is 9.07. The molecule has 0 saturated heterocycles. The van der Waals surface area contributed by atoms with Crippen LogP contribution in [0.15, 0.2) is 60.7 Å². The fourth-order valence-electron chi connectivity index (χ4n) is 3.47. The number of amides is 1. The van der Waals surface area contributed by atoms with Crippen LogP contribution in [0.5, 0.6) is 0 Å². The van der Waals surface area contributed by atoms with Crippen LogP contribution in [0.25, 0.3) is 11.1 Å². The molecule has 2 aromatic carbocycles. The average Bonchev–Trinajstić information content (AvgIpc) is 2.99. The predicted molar refractivity (Wildman–Crippen MR) is 104 cm³/mol. The summed E-state index contributed by atoms with van der Waals surface area (Å²) in [5.74, 6) is -1.11. The van der Waals surface area contributed by atoms with Gasteiger partial charge in [-0.1, -0.05) is 60.7 Å². The van der Waals surface area contributed by atoms with Gasteiger partial charge in [0.05, 0.1) is 0 Å². The monoisotopic (exact) mass is 365 g/mol. The van der Waals surface area contributed by atoms with E-state index in [0.29, 0.717) is 12.8 Å². The van der Waals surface area contributed by atoms with E-state index in [2.05, 4.69) is 17.4 Å². The zero-order chi connectivity index (χ0) is 19.2. The highest BCUT2D eigenvalue weighted by Gasteiger charge is 2.29. The van der Waals surface area contributed by atoms with Crippen molar-refractivity contribution in [2.45, 2.75) is 31.7 Å². The molecule has 0 heterocycles. The molecule has 0 bridgehead atoms. The zero-order valence-corrected chi connectivity index (χ0v) is 15.2. The molecule has 0 aromatic heterocycles. The molecular formula is C22H23NO4. The lowest BCUT2D eigenvalue weighted by Crippen LogP contribution is -2.41. The molecule has 0 unspecified atom stereocenters. The van der Waals surface area contributed by atoms with E-state index in [0.717, 1.165) is 22.3 Å². The van der Waals surface area contributed by atoms with Gasteiger partial charge in [-0.05, 0) is 42.0 Å². The molecule has 27 heavy (non-hydrogen) atoms. The summed E-state index contributed by atoms with van der Waals surface area (Å²) in [6.07, 6.45) is 3.92. The highest BCUT2D eigenvalue weighted by Crippen LogP contribution is 2.44. The highest BCUT2D eigenvalue weighted by atomic mass is 16.5. The van der Waals surface area contributed by atoms with Crippen LogP contribution in [0.3, 0.4) is 0 Å². The Bertz CT molecular complexity index is 813. The van der Waals surface area contributed by atoms with E-state index in [-0.39, 0.29) is 12.5 Å². The Morgan fingerprint density at radius 1 is 1.11 bits per heavy atom. The third-order valence-electron chi connectivity index (χ3n) is 4.79. The van der Waals surface area contributed by atoms with Crippen molar-refractivity contribution in [1.29, 1.82) is 0 Å². The van der Waals surface area contributed by atoms with Crippen molar-refractivity contribution in [1.82, 2.24) is 5.32 Å². The number of carboxylic acids is 1. The van der Waals surface area contributed by atoms with Crippen molar-refractivity contribution in [3.8, 4) is 11.1 Å². The van der Waals surface area contributed by atoms with Crippen molar-refractivity contribution in [2.24, 2.45) is 0 Å². The van der Waals surface area contributed by atoms with E-state index in [1.807, 2.05) is 55.5 Å². The lowest BCUT2D eigenvalue weighted by Gasteiger charge is -2.17. The molecular weight excluding hydrogens is 342 g/mol. The highest BCUT2D eigenvalue weighted by molar-refractivity contribution is 5.81. The van der Waals surface area contributed by atoms with Crippen molar-refractivity contribution >= 4 is 12.1 Å². The molecule has 5 nitrogen and oxygen atoms in total. The van der Waals surface area contributed by atoms with Gasteiger partial charge in [-0.15, -0.1) is 0 Å². The Hall–Kier alpha value is -3.08. The first-order chi connectivity index (χ1) is 13.1. The number of nitrogens with one attached hydrogen (secondary N) is 1. The number of alkyl carbamates (subject to hydrolysis) is 1. The van der Waals surface area contributed by atoms with Crippen LogP contribution in [0.2, 0.25) is 0 Å². The Balaban J connectivity index is 1.66. The van der Waals surface area contributed by atoms with E-state index < -0.39 is 18.1 Å². The predicted octanol–water partition coefficient (Wildman–Crippen LogP) is 4.33. The minimum atomic E-state index is -1.06. The molecule has 5 heteroatoms. The van der Waals surface area contributed by atoms with Gasteiger partial charge < -0.3 is 15.2 Å². The SMILES string of the molecule is CC=CCC[C@H](NC(=O)OCC1c2ccccc2-c2ccccc21)C(=O)O. The smallest absolute Gasteiger partial charge is 0.407 e. The van der Waals surface area contributed by atoms with E-state index in [9.17, 15) is 14.7 Å². The van der Waals surface area contributed by atoms with Gasteiger partial charge in [0.25, 0.3) is 0 Å². The summed E-state index contributed by atoms with van der Waals surface area (Å²) in [6, 6.07) is 15.2. The van der Waals surface area contributed by atoms with Gasteiger partial charge in [-0.25, -0.2) is 9.59 Å². The second-order valence-electron chi connectivity index (χ2n) is 6.51. The maximum atomic E-state index is 12.2. The van der Waals surface area contributed by atoms with Gasteiger partial charge in [0.15, 0.2) is 0 Å². The Kier molecular flexibility index (Phi) is 5.91. The third-order valence-corrected chi connectivity index (χ3v) is 4.79. The average molecular weight is 365 g/mol. The van der Waals surface area contributed by atoms with Gasteiger partial charge in [0, 0.05) is 5.92 Å². The number of carbonyl (C=O) groups excluding carboxylic acids is 1. The maximum Gasteiger partial charge on any atom is 0.407 e. The first-order valence-corrected chi connectivity index (χ1v) is 9.07. The Labute approximate surface area is 158 Å². The second-order valence-corrected chi connectivity index (χ2v) is 6.51. The van der Waals surface area contributed by atoms with Crippen molar-refractivity contribution in [2.75, 3.05) is 6.61 Å². The molecule has 0 spiro atoms. The molecule has 1 aliphatic rings. The molecule has 0 fully saturated rings. The summed E-state index contributed by atoms with van der Waals surface area (Å²) in [6.45, 7) is 2.04. The van der Waals surface area contributed by atoms with Crippen molar-refractivity contribution in [3.63, 3.8) is 0 Å². The maximum absolute atomic E-state index is 12.2. The quantitative estimate of drug-likeness (QED) is 0.716. The van der Waals surface area contributed by atoms with Gasteiger partial charge in [0.1, 0.15) is 12.6 Å². The fraction of sp³-hybridized carbons (Fsp3) is 0.273. The number of carboxylic acid groups (broad SMARTS) is 1. The van der Waals surface area contributed by atoms with Gasteiger partial charge in [-0.3, -0.25) is 0 Å². The summed E-state index contributed by atoms with van der Waals surface area (Å²) in [5.41, 5.74) is 4.54. The molecule has 3 rings (SSSR count). The van der Waals surface area contributed by atoms with Crippen LogP contribution in [-0.2, 0) is 9.53 Å². The normalized spacial score (nSPS) is 13.8. The van der Waals surface area contributed by atoms with Crippen LogP contribution < -0.4 is 5.32 Å². The van der Waals surface area contributed by atoms with Gasteiger partial charge in [0.2, 0.25) is 0 Å². The first kappa shape index (κ1) is 18.7. The molecule has 140 valence electrons. The summed E-state index contributed by atoms with van der Waals surface area (Å²) < 4.78 is 5.40. The molecule has 2 N–H and O–H groups in total. The van der Waals surface area contributed by atoms with Crippen LogP contribution in [-0.4, -0.2) is 29.8 Å². The van der Waals surface area contributed by atoms with Gasteiger partial charge in [-0.2, -0.15) is 0 Å². The number of allylic oxidation sites excluding steroid dienone is 2. The molecule has 1 atom stereocenters. The van der Waals surface area contributed by atoms with Gasteiger partial charge >= 0.3 is 12.1 Å². The topological polar surface area (TPSA) is 75.6 Å². The van der Waals surface area contributed by atoms with Crippen LogP contribution in [0.4, 0.5) is 4.79 Å². The zero-order valence-electron chi connectivity index (χ0n) is 15.2. The molecule has 0 radical (unpaired) electrons. The minimum Gasteiger partial charge on any atom is -0.480 e. The number of hydrogen-bond acceptors (Lipinski definition) is 3. The Morgan fingerprint density at radius 3 is 2.26 bits per heavy atom. The molecule has 1 aliphatic carbocycles. The third kappa shape index (κ3) is 4.19. The standard InChI is InChI=1S/C22H23NO4/c1-2-3-4-13-20(21(24)25)23-22(26)27-14-19-17-11-7-5-9-15(17)16-10-6-8-12-18(16)19/h2-3,5-12,19-20H,4,13-14H2,1H3,(H,23,26)(H,24,25)/t20-/m0/s1. The summed E-state index contributed by atoms with van der Waals surface area (Å²) in [7, 11) is 0. The number of benzene rings is 2. The van der Waals surface area contributed by atoms with Crippen molar-refractivity contribution < 1.29 is 19.4 Å². The number of ether oxygens (including phenoxy) is 1. The summed E-state index contributed by atoms with van der Waals surface area (Å²) in [4.78, 5) is 23.5. The van der Waals surface area contributed by atoms with Crippen LogP contribution >= 0.6 is 0 Å². The molecule has 0 aliphatic heterocycles. The molecule has 1 amide bonds. The Morgan fingerprint density at radius 2 is 1.70 bits per heavy atom. The number of aliphatic carboxylic acids is 1. The number of hydrogen-bond donors (Lipinski definition) is 2. The second kappa shape index (κ2) is 8.54.